The molecule has 30 heavy (non-hydrogen) atoms. The van der Waals surface area contributed by atoms with Gasteiger partial charge in [-0.05, 0) is 24.3 Å². The highest BCUT2D eigenvalue weighted by atomic mass is 35.5. The molecule has 0 N–H and O–H groups in total. The second-order valence-electron chi connectivity index (χ2n) is 6.83. The maximum Gasteiger partial charge on any atom is 0.338 e. The number of halogens is 1. The van der Waals surface area contributed by atoms with Gasteiger partial charge in [-0.25, -0.2) is 4.79 Å². The number of nitrogens with zero attached hydrogens (tertiary/aromatic N) is 1. The van der Waals surface area contributed by atoms with E-state index in [1.54, 1.807) is 7.05 Å². The van der Waals surface area contributed by atoms with E-state index in [1.165, 1.54) is 17.0 Å². The van der Waals surface area contributed by atoms with E-state index < -0.39 is 12.6 Å². The first-order valence-electron chi connectivity index (χ1n) is 9.40. The molecule has 0 saturated heterocycles. The van der Waals surface area contributed by atoms with Gasteiger partial charge in [0.1, 0.15) is 19.8 Å². The summed E-state index contributed by atoms with van der Waals surface area (Å²) in [6, 6.07) is 10.3. The van der Waals surface area contributed by atoms with E-state index in [-0.39, 0.29) is 22.6 Å². The number of rotatable bonds is 5. The van der Waals surface area contributed by atoms with Crippen molar-refractivity contribution >= 4 is 23.5 Å². The highest BCUT2D eigenvalue weighted by Gasteiger charge is 2.25. The third-order valence-corrected chi connectivity index (χ3v) is 4.91. The highest BCUT2D eigenvalue weighted by molar-refractivity contribution is 6.32. The fourth-order valence-electron chi connectivity index (χ4n) is 3.11. The Morgan fingerprint density at radius 3 is 2.70 bits per heavy atom. The van der Waals surface area contributed by atoms with E-state index in [0.717, 1.165) is 0 Å². The lowest BCUT2D eigenvalue weighted by atomic mass is 10.2. The molecule has 0 unspecified atom stereocenters. The normalized spacial score (nSPS) is 16.5. The molecule has 1 amide bonds. The van der Waals surface area contributed by atoms with Gasteiger partial charge in [0, 0.05) is 7.05 Å². The van der Waals surface area contributed by atoms with Crippen molar-refractivity contribution in [2.45, 2.75) is 6.10 Å². The number of ether oxygens (including phenoxy) is 5. The number of fused-ring (bicyclic) bond motifs is 2. The second kappa shape index (κ2) is 8.71. The number of amides is 1. The summed E-state index contributed by atoms with van der Waals surface area (Å²) in [7, 11) is 1.61. The molecule has 0 spiro atoms. The number of hydrogen-bond acceptors (Lipinski definition) is 7. The minimum Gasteiger partial charge on any atom is -0.486 e. The molecule has 8 nitrogen and oxygen atoms in total. The minimum atomic E-state index is -0.679. The fraction of sp³-hybridized carbons (Fsp3) is 0.333. The van der Waals surface area contributed by atoms with Gasteiger partial charge < -0.3 is 28.6 Å². The number of hydrogen-bond donors (Lipinski definition) is 0. The molecule has 0 aliphatic carbocycles. The standard InChI is InChI=1S/C21H20ClNO7/c1-23(10-14-11-28-16-4-2-3-5-17(16)30-14)19(24)12-29-21(25)13-8-15(22)20-18(9-13)26-6-7-27-20/h2-5,8-9,14H,6-7,10-12H2,1H3/t14-/m1/s1. The van der Waals surface area contributed by atoms with Gasteiger partial charge in [0.15, 0.2) is 35.7 Å². The van der Waals surface area contributed by atoms with Crippen molar-refractivity contribution in [3.05, 3.63) is 47.0 Å². The Balaban J connectivity index is 1.30. The number of benzene rings is 2. The molecule has 0 fully saturated rings. The van der Waals surface area contributed by atoms with E-state index in [1.807, 2.05) is 24.3 Å². The topological polar surface area (TPSA) is 83.5 Å². The summed E-state index contributed by atoms with van der Waals surface area (Å²) in [5.41, 5.74) is 0.181. The van der Waals surface area contributed by atoms with E-state index >= 15 is 0 Å². The van der Waals surface area contributed by atoms with Crippen molar-refractivity contribution in [2.75, 3.05) is 40.0 Å². The van der Waals surface area contributed by atoms with Crippen molar-refractivity contribution in [3.8, 4) is 23.0 Å². The molecule has 4 rings (SSSR count). The molecule has 0 aromatic heterocycles. The lowest BCUT2D eigenvalue weighted by Crippen LogP contribution is -2.43. The number of carbonyl (C=O) groups excluding carboxylic acids is 2. The van der Waals surface area contributed by atoms with Crippen LogP contribution in [0.15, 0.2) is 36.4 Å². The molecule has 2 aromatic rings. The molecule has 2 aliphatic heterocycles. The van der Waals surface area contributed by atoms with Crippen molar-refractivity contribution in [3.63, 3.8) is 0 Å². The number of carbonyl (C=O) groups is 2. The van der Waals surface area contributed by atoms with Crippen molar-refractivity contribution in [2.24, 2.45) is 0 Å². The zero-order valence-corrected chi connectivity index (χ0v) is 17.0. The predicted octanol–water partition coefficient (Wildman–Crippen LogP) is 2.57. The van der Waals surface area contributed by atoms with E-state index in [0.29, 0.717) is 49.4 Å². The Hall–Kier alpha value is -3.13. The third kappa shape index (κ3) is 4.38. The first kappa shape index (κ1) is 20.2. The van der Waals surface area contributed by atoms with Crippen LogP contribution in [0.1, 0.15) is 10.4 Å². The largest absolute Gasteiger partial charge is 0.486 e. The van der Waals surface area contributed by atoms with Gasteiger partial charge in [0.25, 0.3) is 5.91 Å². The van der Waals surface area contributed by atoms with Gasteiger partial charge in [0.05, 0.1) is 17.1 Å². The highest BCUT2D eigenvalue weighted by Crippen LogP contribution is 2.38. The number of para-hydroxylation sites is 2. The van der Waals surface area contributed by atoms with Crippen LogP contribution in [0.3, 0.4) is 0 Å². The van der Waals surface area contributed by atoms with Crippen LogP contribution in [0, 0.1) is 0 Å². The SMILES string of the molecule is CN(C[C@@H]1COc2ccccc2O1)C(=O)COC(=O)c1cc(Cl)c2c(c1)OCCO2. The molecule has 2 heterocycles. The summed E-state index contributed by atoms with van der Waals surface area (Å²) in [5, 5.41) is 0.248. The van der Waals surface area contributed by atoms with Crippen LogP contribution in [0.5, 0.6) is 23.0 Å². The Bertz CT molecular complexity index is 964. The summed E-state index contributed by atoms with van der Waals surface area (Å²) in [6.45, 7) is 0.956. The van der Waals surface area contributed by atoms with Crippen molar-refractivity contribution < 1.29 is 33.3 Å². The van der Waals surface area contributed by atoms with Gasteiger partial charge >= 0.3 is 5.97 Å². The molecular formula is C21H20ClNO7. The van der Waals surface area contributed by atoms with Gasteiger partial charge in [-0.1, -0.05) is 23.7 Å². The molecule has 0 saturated carbocycles. The molecular weight excluding hydrogens is 414 g/mol. The summed E-state index contributed by atoms with van der Waals surface area (Å²) < 4.78 is 27.5. The van der Waals surface area contributed by atoms with E-state index in [4.69, 9.17) is 35.3 Å². The predicted molar refractivity (Wildman–Crippen MR) is 107 cm³/mol. The Kier molecular flexibility index (Phi) is 5.85. The third-order valence-electron chi connectivity index (χ3n) is 4.63. The molecule has 0 radical (unpaired) electrons. The summed E-state index contributed by atoms with van der Waals surface area (Å²) in [5.74, 6) is 1.04. The first-order chi connectivity index (χ1) is 14.5. The van der Waals surface area contributed by atoms with Gasteiger partial charge in [0.2, 0.25) is 0 Å². The second-order valence-corrected chi connectivity index (χ2v) is 7.24. The van der Waals surface area contributed by atoms with Crippen LogP contribution in [-0.4, -0.2) is 62.9 Å². The van der Waals surface area contributed by atoms with Gasteiger partial charge in [-0.3, -0.25) is 4.79 Å². The average Bonchev–Trinajstić information content (AvgIpc) is 2.77. The maximum absolute atomic E-state index is 12.4. The van der Waals surface area contributed by atoms with E-state index in [2.05, 4.69) is 0 Å². The summed E-state index contributed by atoms with van der Waals surface area (Å²) in [6.07, 6.45) is -0.318. The van der Waals surface area contributed by atoms with Crippen LogP contribution in [-0.2, 0) is 9.53 Å². The Morgan fingerprint density at radius 1 is 1.10 bits per heavy atom. The van der Waals surface area contributed by atoms with Gasteiger partial charge in [-0.2, -0.15) is 0 Å². The Labute approximate surface area is 178 Å². The monoisotopic (exact) mass is 433 g/mol. The zero-order valence-electron chi connectivity index (χ0n) is 16.3. The summed E-state index contributed by atoms with van der Waals surface area (Å²) >= 11 is 6.14. The van der Waals surface area contributed by atoms with Gasteiger partial charge in [-0.15, -0.1) is 0 Å². The molecule has 158 valence electrons. The first-order valence-corrected chi connectivity index (χ1v) is 9.78. The van der Waals surface area contributed by atoms with Crippen LogP contribution < -0.4 is 18.9 Å². The molecule has 2 aliphatic rings. The van der Waals surface area contributed by atoms with E-state index in [9.17, 15) is 9.59 Å². The quantitative estimate of drug-likeness (QED) is 0.670. The smallest absolute Gasteiger partial charge is 0.338 e. The molecule has 2 aromatic carbocycles. The van der Waals surface area contributed by atoms with Crippen LogP contribution >= 0.6 is 11.6 Å². The average molecular weight is 434 g/mol. The Morgan fingerprint density at radius 2 is 1.87 bits per heavy atom. The molecule has 9 heteroatoms. The molecule has 1 atom stereocenters. The lowest BCUT2D eigenvalue weighted by Gasteiger charge is -2.29. The number of esters is 1. The fourth-order valence-corrected chi connectivity index (χ4v) is 3.38. The van der Waals surface area contributed by atoms with Crippen LogP contribution in [0.2, 0.25) is 5.02 Å². The number of likely N-dealkylation sites (N-methyl/N-ethyl adjacent to an activating group) is 1. The lowest BCUT2D eigenvalue weighted by molar-refractivity contribution is -0.134. The molecule has 0 bridgehead atoms. The zero-order chi connectivity index (χ0) is 21.1. The van der Waals surface area contributed by atoms with Crippen molar-refractivity contribution in [1.29, 1.82) is 0 Å². The maximum atomic E-state index is 12.4. The summed E-state index contributed by atoms with van der Waals surface area (Å²) in [4.78, 5) is 26.2. The minimum absolute atomic E-state index is 0.181. The van der Waals surface area contributed by atoms with Crippen molar-refractivity contribution in [1.82, 2.24) is 4.90 Å². The van der Waals surface area contributed by atoms with Crippen LogP contribution in [0.25, 0.3) is 0 Å². The van der Waals surface area contributed by atoms with Crippen LogP contribution in [0.4, 0.5) is 0 Å².